The minimum absolute atomic E-state index is 0.0445. The lowest BCUT2D eigenvalue weighted by molar-refractivity contribution is -0.138. The summed E-state index contributed by atoms with van der Waals surface area (Å²) in [5, 5.41) is 2.74. The molecule has 29 heavy (non-hydrogen) atoms. The number of aromatic nitrogens is 1. The van der Waals surface area contributed by atoms with Crippen LogP contribution in [0.25, 0.3) is 0 Å². The van der Waals surface area contributed by atoms with Gasteiger partial charge in [-0.15, -0.1) is 0 Å². The summed E-state index contributed by atoms with van der Waals surface area (Å²) < 4.78 is 44.7. The molecule has 0 bridgehead atoms. The van der Waals surface area contributed by atoms with E-state index in [9.17, 15) is 22.8 Å². The molecule has 2 aromatic carbocycles. The Morgan fingerprint density at radius 3 is 2.38 bits per heavy atom. The Bertz CT molecular complexity index is 1070. The molecule has 3 aromatic rings. The number of carbonyl (C=O) groups is 1. The number of para-hydroxylation sites is 2. The SMILES string of the molecule is COc1ccccc1NC(=O)c1ccc(Cn2cc(C(F)(F)F)ccc2=O)cc1. The van der Waals surface area contributed by atoms with Crippen molar-refractivity contribution < 1.29 is 22.7 Å². The van der Waals surface area contributed by atoms with Crippen LogP contribution in [0.15, 0.2) is 71.7 Å². The van der Waals surface area contributed by atoms with E-state index in [1.54, 1.807) is 48.5 Å². The molecule has 150 valence electrons. The van der Waals surface area contributed by atoms with Crippen molar-refractivity contribution in [2.45, 2.75) is 12.7 Å². The highest BCUT2D eigenvalue weighted by Crippen LogP contribution is 2.28. The fourth-order valence-electron chi connectivity index (χ4n) is 2.72. The molecule has 0 atom stereocenters. The molecule has 1 heterocycles. The molecule has 3 rings (SSSR count). The lowest BCUT2D eigenvalue weighted by atomic mass is 10.1. The average molecular weight is 402 g/mol. The van der Waals surface area contributed by atoms with Crippen molar-refractivity contribution in [3.8, 4) is 5.75 Å². The van der Waals surface area contributed by atoms with Crippen LogP contribution in [-0.2, 0) is 12.7 Å². The van der Waals surface area contributed by atoms with Crippen LogP contribution in [0.3, 0.4) is 0 Å². The van der Waals surface area contributed by atoms with Gasteiger partial charge in [-0.3, -0.25) is 9.59 Å². The predicted octanol–water partition coefficient (Wildman–Crippen LogP) is 4.18. The van der Waals surface area contributed by atoms with Crippen molar-refractivity contribution in [2.24, 2.45) is 0 Å². The van der Waals surface area contributed by atoms with Crippen LogP contribution in [0.2, 0.25) is 0 Å². The molecule has 0 fully saturated rings. The van der Waals surface area contributed by atoms with Crippen LogP contribution in [0, 0.1) is 0 Å². The van der Waals surface area contributed by atoms with Crippen molar-refractivity contribution in [1.82, 2.24) is 4.57 Å². The lowest BCUT2D eigenvalue weighted by Crippen LogP contribution is -2.22. The monoisotopic (exact) mass is 402 g/mol. The maximum absolute atomic E-state index is 12.8. The standard InChI is InChI=1S/C21H17F3N2O3/c1-29-18-5-3-2-4-17(18)25-20(28)15-8-6-14(7-9-15)12-26-13-16(21(22,23)24)10-11-19(26)27/h2-11,13H,12H2,1H3,(H,25,28). The first kappa shape index (κ1) is 20.2. The van der Waals surface area contributed by atoms with E-state index in [-0.39, 0.29) is 12.5 Å². The number of alkyl halides is 3. The van der Waals surface area contributed by atoms with Crippen LogP contribution >= 0.6 is 0 Å². The lowest BCUT2D eigenvalue weighted by Gasteiger charge is -2.12. The number of nitrogens with zero attached hydrogens (tertiary/aromatic N) is 1. The summed E-state index contributed by atoms with van der Waals surface area (Å²) in [6, 6.07) is 14.8. The number of amides is 1. The largest absolute Gasteiger partial charge is 0.495 e. The van der Waals surface area contributed by atoms with Gasteiger partial charge in [0.25, 0.3) is 11.5 Å². The van der Waals surface area contributed by atoms with Gasteiger partial charge in [0.05, 0.1) is 24.9 Å². The minimum atomic E-state index is -4.53. The van der Waals surface area contributed by atoms with E-state index in [2.05, 4.69) is 5.32 Å². The summed E-state index contributed by atoms with van der Waals surface area (Å²) in [6.45, 7) is -0.0445. The number of halogens is 3. The number of benzene rings is 2. The van der Waals surface area contributed by atoms with Crippen molar-refractivity contribution in [1.29, 1.82) is 0 Å². The van der Waals surface area contributed by atoms with Gasteiger partial charge in [0.15, 0.2) is 0 Å². The van der Waals surface area contributed by atoms with Gasteiger partial charge in [-0.2, -0.15) is 13.2 Å². The van der Waals surface area contributed by atoms with Crippen molar-refractivity contribution in [2.75, 3.05) is 12.4 Å². The van der Waals surface area contributed by atoms with E-state index in [4.69, 9.17) is 4.74 Å². The fourth-order valence-corrected chi connectivity index (χ4v) is 2.72. The number of methoxy groups -OCH3 is 1. The van der Waals surface area contributed by atoms with Gasteiger partial charge in [-0.1, -0.05) is 24.3 Å². The van der Waals surface area contributed by atoms with E-state index in [0.29, 0.717) is 22.6 Å². The zero-order valence-corrected chi connectivity index (χ0v) is 15.4. The zero-order valence-electron chi connectivity index (χ0n) is 15.4. The summed E-state index contributed by atoms with van der Waals surface area (Å²) in [7, 11) is 1.50. The van der Waals surface area contributed by atoms with E-state index < -0.39 is 17.3 Å². The van der Waals surface area contributed by atoms with Crippen LogP contribution < -0.4 is 15.6 Å². The molecule has 0 radical (unpaired) electrons. The second kappa shape index (κ2) is 8.22. The Hall–Kier alpha value is -3.55. The molecule has 1 amide bonds. The Morgan fingerprint density at radius 2 is 1.72 bits per heavy atom. The summed E-state index contributed by atoms with van der Waals surface area (Å²) in [5.74, 6) is 0.152. The topological polar surface area (TPSA) is 60.3 Å². The van der Waals surface area contributed by atoms with E-state index in [0.717, 1.165) is 22.9 Å². The zero-order chi connectivity index (χ0) is 21.0. The number of ether oxygens (including phenoxy) is 1. The van der Waals surface area contributed by atoms with Gasteiger partial charge in [-0.05, 0) is 35.9 Å². The van der Waals surface area contributed by atoms with Gasteiger partial charge < -0.3 is 14.6 Å². The van der Waals surface area contributed by atoms with Crippen molar-refractivity contribution in [3.05, 3.63) is 93.9 Å². The predicted molar refractivity (Wildman–Crippen MR) is 102 cm³/mol. The van der Waals surface area contributed by atoms with Crippen LogP contribution in [-0.4, -0.2) is 17.6 Å². The van der Waals surface area contributed by atoms with Gasteiger partial charge in [0.2, 0.25) is 0 Å². The summed E-state index contributed by atoms with van der Waals surface area (Å²) in [6.07, 6.45) is -3.75. The van der Waals surface area contributed by atoms with E-state index in [1.807, 2.05) is 0 Å². The minimum Gasteiger partial charge on any atom is -0.495 e. The number of pyridine rings is 1. The Balaban J connectivity index is 1.75. The number of anilines is 1. The maximum atomic E-state index is 12.8. The number of nitrogens with one attached hydrogen (secondary N) is 1. The number of hydrogen-bond acceptors (Lipinski definition) is 3. The third kappa shape index (κ3) is 4.84. The summed E-state index contributed by atoms with van der Waals surface area (Å²) in [4.78, 5) is 24.3. The smallest absolute Gasteiger partial charge is 0.417 e. The molecule has 5 nitrogen and oxygen atoms in total. The molecule has 1 aromatic heterocycles. The fraction of sp³-hybridized carbons (Fsp3) is 0.143. The maximum Gasteiger partial charge on any atom is 0.417 e. The molecule has 0 unspecified atom stereocenters. The molecule has 0 saturated carbocycles. The summed E-state index contributed by atoms with van der Waals surface area (Å²) >= 11 is 0. The first-order valence-electron chi connectivity index (χ1n) is 8.59. The molecule has 0 spiro atoms. The van der Waals surface area contributed by atoms with Crippen molar-refractivity contribution in [3.63, 3.8) is 0 Å². The highest BCUT2D eigenvalue weighted by Gasteiger charge is 2.31. The molecular weight excluding hydrogens is 385 g/mol. The van der Waals surface area contributed by atoms with Gasteiger partial charge in [-0.25, -0.2) is 0 Å². The first-order valence-corrected chi connectivity index (χ1v) is 8.59. The second-order valence-electron chi connectivity index (χ2n) is 6.23. The highest BCUT2D eigenvalue weighted by molar-refractivity contribution is 6.05. The molecule has 0 aliphatic rings. The first-order chi connectivity index (χ1) is 13.8. The molecule has 0 aliphatic heterocycles. The number of rotatable bonds is 5. The van der Waals surface area contributed by atoms with Crippen LogP contribution in [0.1, 0.15) is 21.5 Å². The van der Waals surface area contributed by atoms with Crippen LogP contribution in [0.5, 0.6) is 5.75 Å². The van der Waals surface area contributed by atoms with Crippen LogP contribution in [0.4, 0.5) is 18.9 Å². The summed E-state index contributed by atoms with van der Waals surface area (Å²) in [5.41, 5.74) is 0.0109. The second-order valence-corrected chi connectivity index (χ2v) is 6.23. The van der Waals surface area contributed by atoms with E-state index in [1.165, 1.54) is 7.11 Å². The third-order valence-electron chi connectivity index (χ3n) is 4.24. The molecule has 8 heteroatoms. The van der Waals surface area contributed by atoms with Crippen molar-refractivity contribution >= 4 is 11.6 Å². The Kier molecular flexibility index (Phi) is 5.72. The highest BCUT2D eigenvalue weighted by atomic mass is 19.4. The van der Waals surface area contributed by atoms with E-state index >= 15 is 0 Å². The molecule has 0 aliphatic carbocycles. The third-order valence-corrected chi connectivity index (χ3v) is 4.24. The quantitative estimate of drug-likeness (QED) is 0.697. The molecule has 1 N–H and O–H groups in total. The Morgan fingerprint density at radius 1 is 1.03 bits per heavy atom. The van der Waals surface area contributed by atoms with Gasteiger partial charge in [0, 0.05) is 17.8 Å². The number of carbonyl (C=O) groups excluding carboxylic acids is 1. The van der Waals surface area contributed by atoms with Gasteiger partial charge in [0.1, 0.15) is 5.75 Å². The Labute approximate surface area is 164 Å². The normalized spacial score (nSPS) is 11.2. The molecular formula is C21H17F3N2O3. The average Bonchev–Trinajstić information content (AvgIpc) is 2.69. The number of hydrogen-bond donors (Lipinski definition) is 1. The van der Waals surface area contributed by atoms with Gasteiger partial charge >= 0.3 is 6.18 Å². The molecule has 0 saturated heterocycles.